The number of nitrogens with one attached hydrogen (secondary N) is 1. The number of esters is 2. The van der Waals surface area contributed by atoms with Gasteiger partial charge in [-0.2, -0.15) is 0 Å². The second kappa shape index (κ2) is 14.7. The predicted octanol–water partition coefficient (Wildman–Crippen LogP) is 4.89. The molecule has 0 aliphatic heterocycles. The Balaban J connectivity index is 1.75. The van der Waals surface area contributed by atoms with Gasteiger partial charge in [0.1, 0.15) is 24.4 Å². The van der Waals surface area contributed by atoms with Gasteiger partial charge in [0.05, 0.1) is 13.2 Å². The number of rotatable bonds is 14. The molecule has 6 nitrogen and oxygen atoms in total. The van der Waals surface area contributed by atoms with E-state index < -0.39 is 18.1 Å². The van der Waals surface area contributed by atoms with Crippen molar-refractivity contribution in [3.8, 4) is 5.75 Å². The molecule has 0 bridgehead atoms. The van der Waals surface area contributed by atoms with Crippen molar-refractivity contribution in [2.24, 2.45) is 0 Å². The molecule has 3 aromatic carbocycles. The maximum atomic E-state index is 13.2. The number of ether oxygens (including phenoxy) is 3. The van der Waals surface area contributed by atoms with Crippen LogP contribution in [-0.4, -0.2) is 37.2 Å². The maximum absolute atomic E-state index is 13.2. The third-order valence-corrected chi connectivity index (χ3v) is 5.72. The average molecular weight is 490 g/mol. The van der Waals surface area contributed by atoms with Gasteiger partial charge >= 0.3 is 11.9 Å². The van der Waals surface area contributed by atoms with E-state index in [0.29, 0.717) is 25.9 Å². The molecule has 0 amide bonds. The molecule has 0 spiro atoms. The van der Waals surface area contributed by atoms with Gasteiger partial charge in [-0.1, -0.05) is 72.8 Å². The molecular weight excluding hydrogens is 454 g/mol. The van der Waals surface area contributed by atoms with Gasteiger partial charge in [0.25, 0.3) is 0 Å². The van der Waals surface area contributed by atoms with Crippen molar-refractivity contribution < 1.29 is 23.8 Å². The van der Waals surface area contributed by atoms with Crippen molar-refractivity contribution in [2.75, 3.05) is 13.2 Å². The van der Waals surface area contributed by atoms with Gasteiger partial charge in [-0.15, -0.1) is 0 Å². The van der Waals surface area contributed by atoms with E-state index in [9.17, 15) is 9.59 Å². The molecule has 0 saturated heterocycles. The summed E-state index contributed by atoms with van der Waals surface area (Å²) in [6.45, 7) is 4.72. The van der Waals surface area contributed by atoms with E-state index in [2.05, 4.69) is 5.32 Å². The summed E-state index contributed by atoms with van der Waals surface area (Å²) < 4.78 is 16.5. The fraction of sp³-hybridized carbons (Fsp3) is 0.333. The molecule has 1 unspecified atom stereocenters. The van der Waals surface area contributed by atoms with Crippen molar-refractivity contribution in [1.29, 1.82) is 0 Å². The van der Waals surface area contributed by atoms with E-state index in [4.69, 9.17) is 14.2 Å². The fourth-order valence-electron chi connectivity index (χ4n) is 3.87. The molecule has 0 aliphatic carbocycles. The zero-order valence-electron chi connectivity index (χ0n) is 21.0. The Hall–Kier alpha value is -3.64. The van der Waals surface area contributed by atoms with Crippen LogP contribution < -0.4 is 10.1 Å². The molecule has 0 aliphatic rings. The van der Waals surface area contributed by atoms with Crippen LogP contribution in [0.3, 0.4) is 0 Å². The standard InChI is InChI=1S/C30H35NO5/c1-3-34-26-18-15-24(16-19-26)21-28(30(33)36-22-25-13-9-6-10-14-25)31-27(29(32)35-4-2)20-17-23-11-7-5-8-12-23/h5-16,18-19,27-28,31H,3-4,17,20-22H2,1-2H3/t27?,28-/m0/s1. The molecule has 0 heterocycles. The first-order valence-corrected chi connectivity index (χ1v) is 12.5. The molecule has 1 N–H and O–H groups in total. The topological polar surface area (TPSA) is 73.9 Å². The largest absolute Gasteiger partial charge is 0.494 e. The van der Waals surface area contributed by atoms with Crippen molar-refractivity contribution in [2.45, 2.75) is 51.8 Å². The van der Waals surface area contributed by atoms with Crippen LogP contribution in [0.25, 0.3) is 0 Å². The second-order valence-electron chi connectivity index (χ2n) is 8.42. The van der Waals surface area contributed by atoms with Gasteiger partial charge in [-0.3, -0.25) is 14.9 Å². The minimum Gasteiger partial charge on any atom is -0.494 e. The van der Waals surface area contributed by atoms with E-state index in [-0.39, 0.29) is 19.2 Å². The molecule has 3 rings (SSSR count). The molecular formula is C30H35NO5. The first-order chi connectivity index (χ1) is 17.6. The predicted molar refractivity (Wildman–Crippen MR) is 140 cm³/mol. The Morgan fingerprint density at radius 3 is 1.92 bits per heavy atom. The van der Waals surface area contributed by atoms with E-state index in [1.54, 1.807) is 6.92 Å². The Morgan fingerprint density at radius 2 is 1.31 bits per heavy atom. The minimum absolute atomic E-state index is 0.162. The summed E-state index contributed by atoms with van der Waals surface area (Å²) in [6.07, 6.45) is 1.53. The van der Waals surface area contributed by atoms with Crippen LogP contribution in [0.15, 0.2) is 84.9 Å². The second-order valence-corrected chi connectivity index (χ2v) is 8.42. The molecule has 190 valence electrons. The lowest BCUT2D eigenvalue weighted by molar-refractivity contribution is -0.150. The van der Waals surface area contributed by atoms with Gasteiger partial charge in [-0.25, -0.2) is 0 Å². The smallest absolute Gasteiger partial charge is 0.323 e. The van der Waals surface area contributed by atoms with Crippen LogP contribution in [0.1, 0.15) is 37.0 Å². The zero-order valence-corrected chi connectivity index (χ0v) is 21.0. The van der Waals surface area contributed by atoms with Gasteiger partial charge in [0, 0.05) is 0 Å². The Labute approximate surface area is 213 Å². The highest BCUT2D eigenvalue weighted by Crippen LogP contribution is 2.16. The molecule has 0 radical (unpaired) electrons. The number of hydrogen-bond donors (Lipinski definition) is 1. The van der Waals surface area contributed by atoms with Crippen molar-refractivity contribution >= 4 is 11.9 Å². The third-order valence-electron chi connectivity index (χ3n) is 5.72. The van der Waals surface area contributed by atoms with E-state index in [1.807, 2.05) is 91.9 Å². The monoisotopic (exact) mass is 489 g/mol. The van der Waals surface area contributed by atoms with Gasteiger partial charge in [0.15, 0.2) is 0 Å². The van der Waals surface area contributed by atoms with Crippen LogP contribution in [-0.2, 0) is 38.5 Å². The SMILES string of the molecule is CCOC(=O)C(CCc1ccccc1)N[C@@H](Cc1ccc(OCC)cc1)C(=O)OCc1ccccc1. The highest BCUT2D eigenvalue weighted by Gasteiger charge is 2.28. The molecule has 0 saturated carbocycles. The Bertz CT molecular complexity index is 1050. The Morgan fingerprint density at radius 1 is 0.694 bits per heavy atom. The summed E-state index contributed by atoms with van der Waals surface area (Å²) in [4.78, 5) is 26.0. The summed E-state index contributed by atoms with van der Waals surface area (Å²) in [5.41, 5.74) is 2.94. The number of carbonyl (C=O) groups excluding carboxylic acids is 2. The maximum Gasteiger partial charge on any atom is 0.323 e. The van der Waals surface area contributed by atoms with Crippen molar-refractivity contribution in [1.82, 2.24) is 5.32 Å². The summed E-state index contributed by atoms with van der Waals surface area (Å²) >= 11 is 0. The number of aryl methyl sites for hydroxylation is 1. The summed E-state index contributed by atoms with van der Waals surface area (Å²) in [5.74, 6) is -0.0209. The lowest BCUT2D eigenvalue weighted by atomic mass is 10.0. The normalized spacial score (nSPS) is 12.4. The quantitative estimate of drug-likeness (QED) is 0.325. The van der Waals surface area contributed by atoms with Crippen LogP contribution in [0, 0.1) is 0 Å². The first-order valence-electron chi connectivity index (χ1n) is 12.5. The van der Waals surface area contributed by atoms with E-state index >= 15 is 0 Å². The van der Waals surface area contributed by atoms with E-state index in [0.717, 1.165) is 22.4 Å². The van der Waals surface area contributed by atoms with Crippen molar-refractivity contribution in [3.63, 3.8) is 0 Å². The third kappa shape index (κ3) is 8.86. The Kier molecular flexibility index (Phi) is 11.0. The fourth-order valence-corrected chi connectivity index (χ4v) is 3.87. The van der Waals surface area contributed by atoms with Gasteiger partial charge in [0.2, 0.25) is 0 Å². The first kappa shape index (κ1) is 27.0. The zero-order chi connectivity index (χ0) is 25.6. The lowest BCUT2D eigenvalue weighted by Crippen LogP contribution is -2.49. The summed E-state index contributed by atoms with van der Waals surface area (Å²) in [5, 5.41) is 3.25. The van der Waals surface area contributed by atoms with Crippen LogP contribution in [0.2, 0.25) is 0 Å². The average Bonchev–Trinajstić information content (AvgIpc) is 2.91. The van der Waals surface area contributed by atoms with Gasteiger partial charge < -0.3 is 14.2 Å². The number of hydrogen-bond acceptors (Lipinski definition) is 6. The molecule has 0 fully saturated rings. The molecule has 0 aromatic heterocycles. The highest BCUT2D eigenvalue weighted by molar-refractivity contribution is 5.80. The van der Waals surface area contributed by atoms with Crippen LogP contribution in [0.4, 0.5) is 0 Å². The molecule has 36 heavy (non-hydrogen) atoms. The summed E-state index contributed by atoms with van der Waals surface area (Å²) in [7, 11) is 0. The van der Waals surface area contributed by atoms with Crippen molar-refractivity contribution in [3.05, 3.63) is 102 Å². The molecule has 3 aromatic rings. The number of benzene rings is 3. The minimum atomic E-state index is -0.725. The van der Waals surface area contributed by atoms with E-state index in [1.165, 1.54) is 0 Å². The molecule has 2 atom stereocenters. The molecule has 6 heteroatoms. The van der Waals surface area contributed by atoms with Crippen LogP contribution in [0.5, 0.6) is 5.75 Å². The summed E-state index contributed by atoms with van der Waals surface area (Å²) in [6, 6.07) is 25.7. The lowest BCUT2D eigenvalue weighted by Gasteiger charge is -2.24. The van der Waals surface area contributed by atoms with Gasteiger partial charge in [-0.05, 0) is 61.9 Å². The number of carbonyl (C=O) groups is 2. The van der Waals surface area contributed by atoms with Crippen LogP contribution >= 0.6 is 0 Å². The highest BCUT2D eigenvalue weighted by atomic mass is 16.5.